The Balaban J connectivity index is 1.69. The van der Waals surface area contributed by atoms with Crippen LogP contribution in [0.2, 0.25) is 0 Å². The smallest absolute Gasteiger partial charge is 0.265 e. The van der Waals surface area contributed by atoms with E-state index in [0.717, 1.165) is 47.7 Å². The molecule has 28 heavy (non-hydrogen) atoms. The highest BCUT2D eigenvalue weighted by Gasteiger charge is 2.35. The number of aromatic nitrogens is 2. The molecule has 146 valence electrons. The first-order chi connectivity index (χ1) is 13.4. The van der Waals surface area contributed by atoms with Crippen molar-refractivity contribution in [1.29, 1.82) is 0 Å². The lowest BCUT2D eigenvalue weighted by molar-refractivity contribution is 0.0833. The van der Waals surface area contributed by atoms with Crippen LogP contribution in [0.25, 0.3) is 10.2 Å². The van der Waals surface area contributed by atoms with E-state index in [1.165, 1.54) is 11.3 Å². The average Bonchev–Trinajstić information content (AvgIpc) is 3.04. The number of thiophene rings is 1. The maximum atomic E-state index is 12.4. The van der Waals surface area contributed by atoms with Gasteiger partial charge in [-0.25, -0.2) is 9.97 Å². The van der Waals surface area contributed by atoms with Gasteiger partial charge in [-0.05, 0) is 37.1 Å². The van der Waals surface area contributed by atoms with Crippen LogP contribution in [-0.2, 0) is 5.41 Å². The molecular weight excluding hydrogens is 370 g/mol. The Labute approximate surface area is 169 Å². The summed E-state index contributed by atoms with van der Waals surface area (Å²) in [6.45, 7) is 4.13. The van der Waals surface area contributed by atoms with Crippen LogP contribution in [0.15, 0.2) is 36.5 Å². The summed E-state index contributed by atoms with van der Waals surface area (Å²) in [6, 6.07) is 10.1. The molecule has 0 saturated carbocycles. The zero-order valence-electron chi connectivity index (χ0n) is 16.5. The number of anilines is 2. The highest BCUT2D eigenvalue weighted by atomic mass is 32.1. The van der Waals surface area contributed by atoms with Gasteiger partial charge in [0.25, 0.3) is 5.91 Å². The average molecular weight is 396 g/mol. The van der Waals surface area contributed by atoms with E-state index in [1.807, 2.05) is 24.4 Å². The van der Waals surface area contributed by atoms with Crippen molar-refractivity contribution in [3.8, 4) is 0 Å². The number of amides is 1. The number of rotatable bonds is 3. The minimum atomic E-state index is -0.0766. The molecule has 0 unspecified atom stereocenters. The number of nitrogen functional groups attached to an aromatic ring is 1. The third-order valence-corrected chi connectivity index (χ3v) is 6.59. The van der Waals surface area contributed by atoms with Crippen molar-refractivity contribution in [2.75, 3.05) is 37.8 Å². The van der Waals surface area contributed by atoms with Crippen LogP contribution in [0.5, 0.6) is 0 Å². The zero-order valence-corrected chi connectivity index (χ0v) is 17.3. The summed E-state index contributed by atoms with van der Waals surface area (Å²) in [7, 11) is 3.47. The number of carbonyl (C=O) groups excluding carboxylic acids is 1. The lowest BCUT2D eigenvalue weighted by atomic mass is 9.78. The van der Waals surface area contributed by atoms with E-state index < -0.39 is 0 Å². The van der Waals surface area contributed by atoms with Crippen molar-refractivity contribution in [3.63, 3.8) is 0 Å². The predicted molar refractivity (Wildman–Crippen MR) is 115 cm³/mol. The molecule has 1 atom stereocenters. The molecule has 0 radical (unpaired) electrons. The molecular formula is C21H25N5OS. The molecule has 2 N–H and O–H groups in total. The summed E-state index contributed by atoms with van der Waals surface area (Å²) in [5, 5.41) is 0.861. The molecule has 0 aliphatic carbocycles. The lowest BCUT2D eigenvalue weighted by Crippen LogP contribution is -2.45. The standard InChI is InChI=1S/C21H25N5OS/c1-21(10-6-12-26(13-21)16-7-4-5-11-23-16)15-9-8-14-17(22)18(20(27)25(2)3)28-19(14)24-15/h4-5,7-9,11H,6,10,12-13,22H2,1-3H3/t21-/m0/s1. The van der Waals surface area contributed by atoms with E-state index in [9.17, 15) is 4.79 Å². The largest absolute Gasteiger partial charge is 0.397 e. The van der Waals surface area contributed by atoms with Crippen molar-refractivity contribution in [3.05, 3.63) is 47.1 Å². The highest BCUT2D eigenvalue weighted by molar-refractivity contribution is 7.21. The number of pyridine rings is 2. The van der Waals surface area contributed by atoms with Crippen LogP contribution >= 0.6 is 11.3 Å². The van der Waals surface area contributed by atoms with E-state index >= 15 is 0 Å². The number of piperidine rings is 1. The maximum Gasteiger partial charge on any atom is 0.265 e. The number of nitrogens with two attached hydrogens (primary N) is 1. The van der Waals surface area contributed by atoms with Gasteiger partial charge in [0.1, 0.15) is 15.5 Å². The summed E-state index contributed by atoms with van der Waals surface area (Å²) >= 11 is 1.38. The van der Waals surface area contributed by atoms with Gasteiger partial charge < -0.3 is 15.5 Å². The summed E-state index contributed by atoms with van der Waals surface area (Å²) in [5.74, 6) is 0.931. The summed E-state index contributed by atoms with van der Waals surface area (Å²) in [5.41, 5.74) is 7.74. The minimum absolute atomic E-state index is 0.0750. The van der Waals surface area contributed by atoms with Gasteiger partial charge in [0.15, 0.2) is 0 Å². The van der Waals surface area contributed by atoms with Crippen molar-refractivity contribution >= 4 is 39.0 Å². The first-order valence-electron chi connectivity index (χ1n) is 9.46. The van der Waals surface area contributed by atoms with Gasteiger partial charge in [-0.3, -0.25) is 4.79 Å². The number of hydrogen-bond acceptors (Lipinski definition) is 6. The number of nitrogens with zero attached hydrogens (tertiary/aromatic N) is 4. The molecule has 0 spiro atoms. The molecule has 4 rings (SSSR count). The van der Waals surface area contributed by atoms with Crippen LogP contribution in [0.1, 0.15) is 35.1 Å². The first kappa shape index (κ1) is 18.7. The highest BCUT2D eigenvalue weighted by Crippen LogP contribution is 2.38. The molecule has 3 aromatic heterocycles. The minimum Gasteiger partial charge on any atom is -0.397 e. The van der Waals surface area contributed by atoms with E-state index in [2.05, 4.69) is 28.9 Å². The fraction of sp³-hybridized carbons (Fsp3) is 0.381. The second-order valence-electron chi connectivity index (χ2n) is 7.87. The monoisotopic (exact) mass is 395 g/mol. The van der Waals surface area contributed by atoms with Crippen LogP contribution < -0.4 is 10.6 Å². The molecule has 7 heteroatoms. The quantitative estimate of drug-likeness (QED) is 0.734. The fourth-order valence-corrected chi connectivity index (χ4v) is 5.00. The number of hydrogen-bond donors (Lipinski definition) is 1. The van der Waals surface area contributed by atoms with E-state index in [0.29, 0.717) is 10.6 Å². The molecule has 3 aromatic rings. The van der Waals surface area contributed by atoms with Crippen LogP contribution in [-0.4, -0.2) is 48.0 Å². The van der Waals surface area contributed by atoms with Crippen molar-refractivity contribution in [1.82, 2.24) is 14.9 Å². The van der Waals surface area contributed by atoms with Crippen molar-refractivity contribution in [2.45, 2.75) is 25.2 Å². The summed E-state index contributed by atoms with van der Waals surface area (Å²) < 4.78 is 0. The molecule has 6 nitrogen and oxygen atoms in total. The van der Waals surface area contributed by atoms with Crippen LogP contribution in [0.4, 0.5) is 11.5 Å². The third-order valence-electron chi connectivity index (χ3n) is 5.48. The maximum absolute atomic E-state index is 12.4. The van der Waals surface area contributed by atoms with Gasteiger partial charge in [-0.1, -0.05) is 13.0 Å². The van der Waals surface area contributed by atoms with Gasteiger partial charge in [-0.2, -0.15) is 0 Å². The number of fused-ring (bicyclic) bond motifs is 1. The number of carbonyl (C=O) groups is 1. The van der Waals surface area contributed by atoms with Crippen LogP contribution in [0, 0.1) is 0 Å². The molecule has 4 heterocycles. The molecule has 1 aliphatic heterocycles. The topological polar surface area (TPSA) is 75.4 Å². The Hall–Kier alpha value is -2.67. The molecule has 1 saturated heterocycles. The Bertz CT molecular complexity index is 1020. The fourth-order valence-electron chi connectivity index (χ4n) is 3.88. The molecule has 0 bridgehead atoms. The molecule has 1 fully saturated rings. The second kappa shape index (κ2) is 7.05. The summed E-state index contributed by atoms with van der Waals surface area (Å²) in [4.78, 5) is 27.1. The Morgan fingerprint density at radius 3 is 2.82 bits per heavy atom. The zero-order chi connectivity index (χ0) is 19.9. The SMILES string of the molecule is CN(C)C(=O)c1sc2nc([C@@]3(C)CCCN(c4ccccn4)C3)ccc2c1N. The molecule has 1 amide bonds. The Morgan fingerprint density at radius 1 is 1.29 bits per heavy atom. The van der Waals surface area contributed by atoms with Gasteiger partial charge >= 0.3 is 0 Å². The Kier molecular flexibility index (Phi) is 4.71. The van der Waals surface area contributed by atoms with Gasteiger partial charge in [0.2, 0.25) is 0 Å². The van der Waals surface area contributed by atoms with Gasteiger partial charge in [0, 0.05) is 49.9 Å². The van der Waals surface area contributed by atoms with Crippen LogP contribution in [0.3, 0.4) is 0 Å². The van der Waals surface area contributed by atoms with Gasteiger partial charge in [0.05, 0.1) is 5.69 Å². The molecule has 1 aliphatic rings. The van der Waals surface area contributed by atoms with Crippen molar-refractivity contribution in [2.24, 2.45) is 0 Å². The second-order valence-corrected chi connectivity index (χ2v) is 8.87. The third kappa shape index (κ3) is 3.20. The van der Waals surface area contributed by atoms with Crippen molar-refractivity contribution < 1.29 is 4.79 Å². The lowest BCUT2D eigenvalue weighted by Gasteiger charge is -2.40. The predicted octanol–water partition coefficient (Wildman–Crippen LogP) is 3.53. The normalized spacial score (nSPS) is 19.8. The van der Waals surface area contributed by atoms with Gasteiger partial charge in [-0.15, -0.1) is 11.3 Å². The summed E-state index contributed by atoms with van der Waals surface area (Å²) in [6.07, 6.45) is 3.99. The van der Waals surface area contributed by atoms with E-state index in [1.54, 1.807) is 19.0 Å². The molecule has 0 aromatic carbocycles. The van der Waals surface area contributed by atoms with E-state index in [4.69, 9.17) is 10.7 Å². The first-order valence-corrected chi connectivity index (χ1v) is 10.3. The Morgan fingerprint density at radius 2 is 2.11 bits per heavy atom. The van der Waals surface area contributed by atoms with E-state index in [-0.39, 0.29) is 11.3 Å².